The summed E-state index contributed by atoms with van der Waals surface area (Å²) >= 11 is 0. The van der Waals surface area contributed by atoms with Crippen molar-refractivity contribution in [1.82, 2.24) is 20.4 Å². The number of nitrogens with zero attached hydrogens (tertiary/aromatic N) is 2. The fourth-order valence-corrected chi connectivity index (χ4v) is 3.07. The molecule has 0 radical (unpaired) electrons. The summed E-state index contributed by atoms with van der Waals surface area (Å²) in [7, 11) is 0. The van der Waals surface area contributed by atoms with Crippen molar-refractivity contribution in [2.75, 3.05) is 19.6 Å². The van der Waals surface area contributed by atoms with E-state index in [1.165, 1.54) is 5.56 Å². The number of hydrogen-bond acceptors (Lipinski definition) is 4. The van der Waals surface area contributed by atoms with E-state index in [0.717, 1.165) is 13.1 Å². The molecule has 6 heteroatoms. The van der Waals surface area contributed by atoms with Crippen LogP contribution in [0.4, 0.5) is 0 Å². The number of benzene rings is 1. The van der Waals surface area contributed by atoms with Crippen LogP contribution in [0.5, 0.6) is 0 Å². The van der Waals surface area contributed by atoms with Gasteiger partial charge < -0.3 is 9.73 Å². The molecule has 136 valence electrons. The largest absolute Gasteiger partial charge is 0.463 e. The molecule has 0 aliphatic carbocycles. The van der Waals surface area contributed by atoms with Gasteiger partial charge in [0.25, 0.3) is 5.91 Å². The molecule has 0 saturated carbocycles. The van der Waals surface area contributed by atoms with E-state index in [4.69, 9.17) is 4.42 Å². The second kappa shape index (κ2) is 8.49. The third-order valence-electron chi connectivity index (χ3n) is 4.49. The summed E-state index contributed by atoms with van der Waals surface area (Å²) in [5, 5.41) is 9.95. The quantitative estimate of drug-likeness (QED) is 0.651. The van der Waals surface area contributed by atoms with Gasteiger partial charge in [0.05, 0.1) is 12.3 Å². The zero-order valence-corrected chi connectivity index (χ0v) is 15.1. The number of aromatic nitrogens is 2. The lowest BCUT2D eigenvalue weighted by Crippen LogP contribution is -2.38. The van der Waals surface area contributed by atoms with E-state index in [1.54, 1.807) is 18.4 Å². The molecular formula is C20H24N4O2. The topological polar surface area (TPSA) is 74.2 Å². The Kier molecular flexibility index (Phi) is 5.86. The predicted octanol–water partition coefficient (Wildman–Crippen LogP) is 3.48. The van der Waals surface area contributed by atoms with Crippen molar-refractivity contribution in [2.45, 2.75) is 19.9 Å². The average molecular weight is 352 g/mol. The maximum absolute atomic E-state index is 12.5. The summed E-state index contributed by atoms with van der Waals surface area (Å²) in [5.74, 6) is 0.453. The number of carbonyl (C=O) groups is 1. The fourth-order valence-electron chi connectivity index (χ4n) is 3.07. The predicted molar refractivity (Wildman–Crippen MR) is 101 cm³/mol. The molecule has 1 aromatic carbocycles. The highest BCUT2D eigenvalue weighted by Gasteiger charge is 2.20. The molecule has 0 aliphatic heterocycles. The molecule has 26 heavy (non-hydrogen) atoms. The van der Waals surface area contributed by atoms with Crippen LogP contribution < -0.4 is 5.32 Å². The minimum atomic E-state index is -0.202. The molecule has 0 aliphatic rings. The molecule has 2 N–H and O–H groups in total. The third-order valence-corrected chi connectivity index (χ3v) is 4.49. The van der Waals surface area contributed by atoms with Crippen molar-refractivity contribution in [2.24, 2.45) is 0 Å². The Labute approximate surface area is 153 Å². The van der Waals surface area contributed by atoms with Crippen molar-refractivity contribution >= 4 is 5.91 Å². The van der Waals surface area contributed by atoms with Gasteiger partial charge in [-0.25, -0.2) is 0 Å². The number of amides is 1. The van der Waals surface area contributed by atoms with Gasteiger partial charge in [0.2, 0.25) is 0 Å². The second-order valence-corrected chi connectivity index (χ2v) is 6.00. The van der Waals surface area contributed by atoms with Crippen LogP contribution in [0.1, 0.15) is 35.9 Å². The number of likely N-dealkylation sites (N-methyl/N-ethyl adjacent to an activating group) is 1. The molecule has 0 spiro atoms. The van der Waals surface area contributed by atoms with Gasteiger partial charge in [-0.2, -0.15) is 5.10 Å². The molecule has 1 atom stereocenters. The zero-order valence-electron chi connectivity index (χ0n) is 15.1. The fraction of sp³-hybridized carbons (Fsp3) is 0.300. The lowest BCUT2D eigenvalue weighted by Gasteiger charge is -2.30. The maximum Gasteiger partial charge on any atom is 0.271 e. The molecule has 0 fully saturated rings. The lowest BCUT2D eigenvalue weighted by molar-refractivity contribution is 0.0930. The highest BCUT2D eigenvalue weighted by Crippen LogP contribution is 2.20. The number of hydrogen-bond donors (Lipinski definition) is 2. The van der Waals surface area contributed by atoms with Gasteiger partial charge >= 0.3 is 0 Å². The van der Waals surface area contributed by atoms with Crippen molar-refractivity contribution < 1.29 is 9.21 Å². The van der Waals surface area contributed by atoms with E-state index in [9.17, 15) is 4.79 Å². The highest BCUT2D eigenvalue weighted by molar-refractivity contribution is 5.93. The Morgan fingerprint density at radius 2 is 1.96 bits per heavy atom. The van der Waals surface area contributed by atoms with Crippen LogP contribution >= 0.6 is 0 Å². The SMILES string of the molecule is CCN(CC)C(CNC(=O)c1cc(-c2ccco2)[nH]n1)c1ccccc1. The molecule has 0 saturated heterocycles. The smallest absolute Gasteiger partial charge is 0.271 e. The first-order valence-electron chi connectivity index (χ1n) is 8.89. The van der Waals surface area contributed by atoms with Crippen molar-refractivity contribution in [1.29, 1.82) is 0 Å². The van der Waals surface area contributed by atoms with Gasteiger partial charge in [-0.1, -0.05) is 44.2 Å². The van der Waals surface area contributed by atoms with Crippen LogP contribution in [0.25, 0.3) is 11.5 Å². The van der Waals surface area contributed by atoms with Crippen LogP contribution in [0.3, 0.4) is 0 Å². The monoisotopic (exact) mass is 352 g/mol. The summed E-state index contributed by atoms with van der Waals surface area (Å²) in [6.45, 7) is 6.61. The number of H-pyrrole nitrogens is 1. The van der Waals surface area contributed by atoms with Gasteiger partial charge in [0.15, 0.2) is 11.5 Å². The van der Waals surface area contributed by atoms with Gasteiger partial charge in [-0.3, -0.25) is 14.8 Å². The van der Waals surface area contributed by atoms with Gasteiger partial charge in [0, 0.05) is 12.6 Å². The molecular weight excluding hydrogens is 328 g/mol. The number of nitrogens with one attached hydrogen (secondary N) is 2. The van der Waals surface area contributed by atoms with Crippen LogP contribution in [0, 0.1) is 0 Å². The molecule has 3 rings (SSSR count). The van der Waals surface area contributed by atoms with Gasteiger partial charge in [-0.05, 0) is 30.8 Å². The standard InChI is InChI=1S/C20H24N4O2/c1-3-24(4-2)18(15-9-6-5-7-10-15)14-21-20(25)17-13-16(22-23-17)19-11-8-12-26-19/h5-13,18H,3-4,14H2,1-2H3,(H,21,25)(H,22,23). The Bertz CT molecular complexity index is 807. The minimum Gasteiger partial charge on any atom is -0.463 e. The molecule has 3 aromatic rings. The summed E-state index contributed by atoms with van der Waals surface area (Å²) < 4.78 is 5.32. The number of rotatable bonds is 8. The van der Waals surface area contributed by atoms with E-state index in [1.807, 2.05) is 24.3 Å². The first kappa shape index (κ1) is 17.9. The summed E-state index contributed by atoms with van der Waals surface area (Å²) in [6, 6.07) is 15.7. The Morgan fingerprint density at radius 1 is 1.19 bits per heavy atom. The van der Waals surface area contributed by atoms with Crippen LogP contribution in [-0.2, 0) is 0 Å². The normalized spacial score (nSPS) is 12.3. The van der Waals surface area contributed by atoms with E-state index >= 15 is 0 Å². The van der Waals surface area contributed by atoms with Gasteiger partial charge in [0.1, 0.15) is 5.69 Å². The van der Waals surface area contributed by atoms with Crippen molar-refractivity contribution in [3.63, 3.8) is 0 Å². The number of aromatic amines is 1. The molecule has 1 unspecified atom stereocenters. The zero-order chi connectivity index (χ0) is 18.4. The van der Waals surface area contributed by atoms with Crippen LogP contribution in [-0.4, -0.2) is 40.6 Å². The maximum atomic E-state index is 12.5. The van der Waals surface area contributed by atoms with Crippen molar-refractivity contribution in [3.8, 4) is 11.5 Å². The van der Waals surface area contributed by atoms with E-state index in [2.05, 4.69) is 46.4 Å². The molecule has 2 aromatic heterocycles. The Morgan fingerprint density at radius 3 is 2.62 bits per heavy atom. The van der Waals surface area contributed by atoms with Crippen LogP contribution in [0.2, 0.25) is 0 Å². The number of furan rings is 1. The molecule has 0 bridgehead atoms. The Hall–Kier alpha value is -2.86. The average Bonchev–Trinajstić information content (AvgIpc) is 3.37. The molecule has 6 nitrogen and oxygen atoms in total. The van der Waals surface area contributed by atoms with E-state index < -0.39 is 0 Å². The van der Waals surface area contributed by atoms with E-state index in [0.29, 0.717) is 23.7 Å². The molecule has 1 amide bonds. The first-order valence-corrected chi connectivity index (χ1v) is 8.89. The third kappa shape index (κ3) is 4.03. The Balaban J connectivity index is 1.69. The summed E-state index contributed by atoms with van der Waals surface area (Å²) in [6.07, 6.45) is 1.59. The number of carbonyl (C=O) groups excluding carboxylic acids is 1. The first-order chi connectivity index (χ1) is 12.7. The van der Waals surface area contributed by atoms with Gasteiger partial charge in [-0.15, -0.1) is 0 Å². The van der Waals surface area contributed by atoms with E-state index in [-0.39, 0.29) is 11.9 Å². The summed E-state index contributed by atoms with van der Waals surface area (Å²) in [4.78, 5) is 14.8. The summed E-state index contributed by atoms with van der Waals surface area (Å²) in [5.41, 5.74) is 2.22. The molecule has 2 heterocycles. The van der Waals surface area contributed by atoms with Crippen LogP contribution in [0.15, 0.2) is 59.2 Å². The highest BCUT2D eigenvalue weighted by atomic mass is 16.3. The second-order valence-electron chi connectivity index (χ2n) is 6.00. The lowest BCUT2D eigenvalue weighted by atomic mass is 10.1. The van der Waals surface area contributed by atoms with Crippen molar-refractivity contribution in [3.05, 3.63) is 66.1 Å². The minimum absolute atomic E-state index is 0.124.